The second-order valence-electron chi connectivity index (χ2n) is 15.5. The first kappa shape index (κ1) is 33.1. The fourth-order valence-electron chi connectivity index (χ4n) is 10.4. The summed E-state index contributed by atoms with van der Waals surface area (Å²) in [7, 11) is 0. The summed E-state index contributed by atoms with van der Waals surface area (Å²) in [6.45, 7) is 10.5. The van der Waals surface area contributed by atoms with Crippen molar-refractivity contribution in [2.45, 2.75) is 175 Å². The molecule has 4 aliphatic carbocycles. The molecule has 1 N–H and O–H groups in total. The lowest BCUT2D eigenvalue weighted by atomic mass is 9.47. The number of aliphatic hydroxyl groups is 1. The van der Waals surface area contributed by atoms with Gasteiger partial charge in [-0.25, -0.2) is 0 Å². The van der Waals surface area contributed by atoms with Crippen molar-refractivity contribution in [3.63, 3.8) is 0 Å². The van der Waals surface area contributed by atoms with Crippen LogP contribution in [-0.4, -0.2) is 23.8 Å². The van der Waals surface area contributed by atoms with Crippen molar-refractivity contribution < 1.29 is 14.6 Å². The Bertz CT molecular complexity index is 833. The number of unbranched alkanes of at least 4 members (excludes halogenated alkanes) is 11. The summed E-state index contributed by atoms with van der Waals surface area (Å²) >= 11 is 0. The Morgan fingerprint density at radius 3 is 2.24 bits per heavy atom. The van der Waals surface area contributed by atoms with Gasteiger partial charge in [-0.1, -0.05) is 110 Å². The van der Waals surface area contributed by atoms with Crippen LogP contribution in [0.4, 0.5) is 0 Å². The number of allylic oxidation sites excluding steroid dienone is 1. The summed E-state index contributed by atoms with van der Waals surface area (Å²) in [5.74, 6) is 3.81. The van der Waals surface area contributed by atoms with Gasteiger partial charge in [0.2, 0.25) is 0 Å². The Labute approximate surface area is 254 Å². The van der Waals surface area contributed by atoms with E-state index in [1.807, 2.05) is 0 Å². The van der Waals surface area contributed by atoms with Crippen molar-refractivity contribution in [1.82, 2.24) is 0 Å². The Morgan fingerprint density at radius 1 is 0.902 bits per heavy atom. The molecular weight excluding hydrogens is 504 g/mol. The average Bonchev–Trinajstić information content (AvgIpc) is 3.32. The van der Waals surface area contributed by atoms with Crippen LogP contribution in [0.25, 0.3) is 0 Å². The molecule has 0 aromatic rings. The quantitative estimate of drug-likeness (QED) is 0.107. The van der Waals surface area contributed by atoms with Crippen molar-refractivity contribution in [3.05, 3.63) is 11.6 Å². The van der Waals surface area contributed by atoms with Gasteiger partial charge in [-0.3, -0.25) is 4.79 Å². The number of carbonyl (C=O) groups excluding carboxylic acids is 1. The predicted octanol–water partition coefficient (Wildman–Crippen LogP) is 10.6. The van der Waals surface area contributed by atoms with Gasteiger partial charge < -0.3 is 9.84 Å². The van der Waals surface area contributed by atoms with E-state index < -0.39 is 0 Å². The molecule has 8 atom stereocenters. The van der Waals surface area contributed by atoms with Crippen LogP contribution < -0.4 is 0 Å². The van der Waals surface area contributed by atoms with E-state index in [2.05, 4.69) is 33.8 Å². The molecule has 4 aliphatic rings. The molecule has 4 rings (SSSR count). The minimum absolute atomic E-state index is 0.0284. The molecule has 0 aromatic heterocycles. The minimum Gasteiger partial charge on any atom is -0.466 e. The van der Waals surface area contributed by atoms with Gasteiger partial charge in [-0.15, -0.1) is 0 Å². The first-order valence-corrected chi connectivity index (χ1v) is 18.3. The van der Waals surface area contributed by atoms with Gasteiger partial charge in [0.25, 0.3) is 0 Å². The first-order chi connectivity index (χ1) is 19.8. The maximum absolute atomic E-state index is 12.6. The number of hydrogen-bond donors (Lipinski definition) is 1. The SMILES string of the molecule is CCCCCCCCCCCCCCOC(=O)CC[C@@H](C)[C@H]1CC[C@H]2[C@@H]3CC=C4C[C@@H](O)CC[C@]4(C)[C@H]3CC[C@]12C. The van der Waals surface area contributed by atoms with Crippen LogP contribution in [0, 0.1) is 40.4 Å². The van der Waals surface area contributed by atoms with Crippen molar-refractivity contribution in [2.24, 2.45) is 40.4 Å². The monoisotopic (exact) mass is 571 g/mol. The molecule has 0 bridgehead atoms. The van der Waals surface area contributed by atoms with Gasteiger partial charge in [0.1, 0.15) is 0 Å². The molecule has 3 fully saturated rings. The third kappa shape index (κ3) is 8.21. The summed E-state index contributed by atoms with van der Waals surface area (Å²) < 4.78 is 5.66. The highest BCUT2D eigenvalue weighted by Crippen LogP contribution is 2.67. The molecule has 0 aromatic carbocycles. The zero-order valence-corrected chi connectivity index (χ0v) is 27.6. The van der Waals surface area contributed by atoms with Crippen LogP contribution in [0.3, 0.4) is 0 Å². The fourth-order valence-corrected chi connectivity index (χ4v) is 10.4. The van der Waals surface area contributed by atoms with Crippen molar-refractivity contribution >= 4 is 5.97 Å². The van der Waals surface area contributed by atoms with Crippen LogP contribution in [0.1, 0.15) is 169 Å². The molecule has 0 saturated heterocycles. The van der Waals surface area contributed by atoms with Gasteiger partial charge in [-0.2, -0.15) is 0 Å². The highest BCUT2D eigenvalue weighted by atomic mass is 16.5. The van der Waals surface area contributed by atoms with Gasteiger partial charge in [0.05, 0.1) is 12.7 Å². The molecule has 0 amide bonds. The van der Waals surface area contributed by atoms with Crippen molar-refractivity contribution in [3.8, 4) is 0 Å². The van der Waals surface area contributed by atoms with E-state index in [0.29, 0.717) is 29.8 Å². The van der Waals surface area contributed by atoms with E-state index >= 15 is 0 Å². The Balaban J connectivity index is 1.10. The third-order valence-electron chi connectivity index (χ3n) is 12.9. The minimum atomic E-state index is -0.118. The van der Waals surface area contributed by atoms with Gasteiger partial charge in [-0.05, 0) is 105 Å². The molecular formula is C38H66O3. The molecule has 0 spiro atoms. The zero-order valence-electron chi connectivity index (χ0n) is 27.6. The predicted molar refractivity (Wildman–Crippen MR) is 172 cm³/mol. The summed E-state index contributed by atoms with van der Waals surface area (Å²) in [5.41, 5.74) is 2.32. The maximum Gasteiger partial charge on any atom is 0.305 e. The van der Waals surface area contributed by atoms with E-state index in [0.717, 1.165) is 49.4 Å². The molecule has 0 unspecified atom stereocenters. The molecule has 0 radical (unpaired) electrons. The number of carbonyl (C=O) groups is 1. The van der Waals surface area contributed by atoms with Crippen LogP contribution in [-0.2, 0) is 9.53 Å². The largest absolute Gasteiger partial charge is 0.466 e. The highest BCUT2D eigenvalue weighted by Gasteiger charge is 2.59. The van der Waals surface area contributed by atoms with Gasteiger partial charge >= 0.3 is 5.97 Å². The number of fused-ring (bicyclic) bond motifs is 5. The topological polar surface area (TPSA) is 46.5 Å². The normalized spacial score (nSPS) is 35.2. The van der Waals surface area contributed by atoms with E-state index in [4.69, 9.17) is 4.74 Å². The summed E-state index contributed by atoms with van der Waals surface area (Å²) in [6.07, 6.45) is 29.7. The Hall–Kier alpha value is -0.830. The van der Waals surface area contributed by atoms with E-state index in [1.54, 1.807) is 5.57 Å². The number of aliphatic hydroxyl groups excluding tert-OH is 1. The first-order valence-electron chi connectivity index (χ1n) is 18.3. The van der Waals surface area contributed by atoms with Crippen molar-refractivity contribution in [1.29, 1.82) is 0 Å². The molecule has 41 heavy (non-hydrogen) atoms. The zero-order chi connectivity index (χ0) is 29.3. The molecule has 0 heterocycles. The number of hydrogen-bond acceptors (Lipinski definition) is 3. The summed E-state index contributed by atoms with van der Waals surface area (Å²) in [6, 6.07) is 0. The van der Waals surface area contributed by atoms with Crippen LogP contribution in [0.5, 0.6) is 0 Å². The number of ether oxygens (including phenoxy) is 1. The fraction of sp³-hybridized carbons (Fsp3) is 0.921. The van der Waals surface area contributed by atoms with E-state index in [1.165, 1.54) is 109 Å². The average molecular weight is 571 g/mol. The lowest BCUT2D eigenvalue weighted by Crippen LogP contribution is -2.50. The molecule has 3 heteroatoms. The molecule has 3 saturated carbocycles. The molecule has 0 aliphatic heterocycles. The van der Waals surface area contributed by atoms with Crippen molar-refractivity contribution in [2.75, 3.05) is 6.61 Å². The standard InChI is InChI=1S/C38H66O3/c1-5-6-7-8-9-10-11-12-13-14-15-16-27-41-36(40)22-17-29(2)33-20-21-34-32-19-18-30-28-31(39)23-25-37(30,3)35(32)24-26-38(33,34)4/h18,29,31-35,39H,5-17,19-28H2,1-4H3/t29-,31+,32+,33-,34+,35+,37+,38-/m1/s1. The second-order valence-corrected chi connectivity index (χ2v) is 15.5. The molecule has 3 nitrogen and oxygen atoms in total. The van der Waals surface area contributed by atoms with Crippen LogP contribution in [0.15, 0.2) is 11.6 Å². The summed E-state index contributed by atoms with van der Waals surface area (Å²) in [4.78, 5) is 12.6. The van der Waals surface area contributed by atoms with E-state index in [-0.39, 0.29) is 12.1 Å². The van der Waals surface area contributed by atoms with Crippen LogP contribution in [0.2, 0.25) is 0 Å². The smallest absolute Gasteiger partial charge is 0.305 e. The maximum atomic E-state index is 12.6. The molecule has 236 valence electrons. The number of rotatable bonds is 17. The lowest BCUT2D eigenvalue weighted by Gasteiger charge is -2.58. The Morgan fingerprint density at radius 2 is 1.56 bits per heavy atom. The summed E-state index contributed by atoms with van der Waals surface area (Å²) in [5, 5.41) is 10.3. The highest BCUT2D eigenvalue weighted by molar-refractivity contribution is 5.69. The second kappa shape index (κ2) is 15.8. The van der Waals surface area contributed by atoms with Crippen LogP contribution >= 0.6 is 0 Å². The Kier molecular flexibility index (Phi) is 12.7. The lowest BCUT2D eigenvalue weighted by molar-refractivity contribution is -0.144. The number of esters is 1. The van der Waals surface area contributed by atoms with E-state index in [9.17, 15) is 9.90 Å². The van der Waals surface area contributed by atoms with Gasteiger partial charge in [0.15, 0.2) is 0 Å². The third-order valence-corrected chi connectivity index (χ3v) is 12.9. The van der Waals surface area contributed by atoms with Gasteiger partial charge in [0, 0.05) is 6.42 Å².